The molecule has 20 heavy (non-hydrogen) atoms. The number of fused-ring (bicyclic) bond motifs is 1. The first-order valence-electron chi connectivity index (χ1n) is 6.22. The van der Waals surface area contributed by atoms with Gasteiger partial charge in [0.05, 0.1) is 5.39 Å². The molecular weight excluding hydrogens is 272 g/mol. The molecule has 0 saturated carbocycles. The number of phenols is 1. The Bertz CT molecular complexity index is 744. The first-order chi connectivity index (χ1) is 9.70. The van der Waals surface area contributed by atoms with Gasteiger partial charge in [0.1, 0.15) is 11.3 Å². The Labute approximate surface area is 120 Å². The molecular formula is C16H14O3S. The molecule has 1 aromatic heterocycles. The van der Waals surface area contributed by atoms with Gasteiger partial charge < -0.3 is 14.6 Å². The molecule has 2 N–H and O–H groups in total. The summed E-state index contributed by atoms with van der Waals surface area (Å²) in [5, 5.41) is 20.4. The maximum Gasteiger partial charge on any atom is 0.177 e. The average molecular weight is 286 g/mol. The Balaban J connectivity index is 2.19. The summed E-state index contributed by atoms with van der Waals surface area (Å²) < 4.78 is 5.86. The standard InChI is InChI=1S/C16H14O3S/c1-20-9-11-3-2-4-13-14(18)16(19-15(11)13)10-5-7-12(17)8-6-10/h2-8,17-18H,9H2,1H3. The number of hydrogen-bond donors (Lipinski definition) is 2. The largest absolute Gasteiger partial charge is 0.508 e. The van der Waals surface area contributed by atoms with Crippen molar-refractivity contribution in [3.8, 4) is 22.8 Å². The summed E-state index contributed by atoms with van der Waals surface area (Å²) in [5.41, 5.74) is 2.53. The topological polar surface area (TPSA) is 53.6 Å². The van der Waals surface area contributed by atoms with Crippen LogP contribution in [0.1, 0.15) is 5.56 Å². The van der Waals surface area contributed by atoms with Crippen LogP contribution in [-0.4, -0.2) is 16.5 Å². The summed E-state index contributed by atoms with van der Waals surface area (Å²) in [6, 6.07) is 12.4. The Morgan fingerprint density at radius 3 is 2.50 bits per heavy atom. The fourth-order valence-corrected chi connectivity index (χ4v) is 2.78. The van der Waals surface area contributed by atoms with Crippen LogP contribution in [0.2, 0.25) is 0 Å². The van der Waals surface area contributed by atoms with Crippen molar-refractivity contribution in [2.45, 2.75) is 5.75 Å². The fraction of sp³-hybridized carbons (Fsp3) is 0.125. The summed E-state index contributed by atoms with van der Waals surface area (Å²) in [6.45, 7) is 0. The van der Waals surface area contributed by atoms with Crippen LogP contribution in [0.25, 0.3) is 22.3 Å². The first-order valence-corrected chi connectivity index (χ1v) is 7.62. The van der Waals surface area contributed by atoms with Gasteiger partial charge in [-0.1, -0.05) is 12.1 Å². The van der Waals surface area contributed by atoms with Crippen LogP contribution >= 0.6 is 11.8 Å². The van der Waals surface area contributed by atoms with Crippen molar-refractivity contribution in [2.75, 3.05) is 6.26 Å². The van der Waals surface area contributed by atoms with Gasteiger partial charge in [-0.25, -0.2) is 0 Å². The molecule has 0 bridgehead atoms. The summed E-state index contributed by atoms with van der Waals surface area (Å²) >= 11 is 1.71. The van der Waals surface area contributed by atoms with Gasteiger partial charge >= 0.3 is 0 Å². The zero-order valence-electron chi connectivity index (χ0n) is 11.0. The van der Waals surface area contributed by atoms with Crippen molar-refractivity contribution >= 4 is 22.7 Å². The van der Waals surface area contributed by atoms with Crippen molar-refractivity contribution < 1.29 is 14.6 Å². The van der Waals surface area contributed by atoms with Gasteiger partial charge in [0.2, 0.25) is 0 Å². The van der Waals surface area contributed by atoms with Crippen LogP contribution in [0.4, 0.5) is 0 Å². The molecule has 0 aliphatic rings. The molecule has 0 radical (unpaired) electrons. The molecule has 4 heteroatoms. The van der Waals surface area contributed by atoms with Crippen molar-refractivity contribution in [3.05, 3.63) is 48.0 Å². The lowest BCUT2D eigenvalue weighted by molar-refractivity contribution is 0.469. The van der Waals surface area contributed by atoms with Gasteiger partial charge in [0.15, 0.2) is 11.5 Å². The van der Waals surface area contributed by atoms with E-state index in [1.165, 1.54) is 0 Å². The van der Waals surface area contributed by atoms with E-state index in [1.807, 2.05) is 24.5 Å². The second kappa shape index (κ2) is 5.13. The molecule has 3 nitrogen and oxygen atoms in total. The molecule has 0 amide bonds. The van der Waals surface area contributed by atoms with Crippen LogP contribution in [0.3, 0.4) is 0 Å². The lowest BCUT2D eigenvalue weighted by atomic mass is 10.1. The molecule has 0 aliphatic carbocycles. The van der Waals surface area contributed by atoms with Gasteiger partial charge in [0, 0.05) is 16.9 Å². The lowest BCUT2D eigenvalue weighted by Crippen LogP contribution is -1.79. The second-order valence-corrected chi connectivity index (χ2v) is 5.42. The average Bonchev–Trinajstić information content (AvgIpc) is 2.79. The molecule has 0 fully saturated rings. The Morgan fingerprint density at radius 2 is 1.80 bits per heavy atom. The van der Waals surface area contributed by atoms with E-state index in [4.69, 9.17) is 4.42 Å². The highest BCUT2D eigenvalue weighted by Gasteiger charge is 2.17. The zero-order valence-corrected chi connectivity index (χ0v) is 11.8. The van der Waals surface area contributed by atoms with E-state index in [0.29, 0.717) is 5.76 Å². The number of furan rings is 1. The summed E-state index contributed by atoms with van der Waals surface area (Å²) in [6.07, 6.45) is 2.03. The Hall–Kier alpha value is -2.07. The van der Waals surface area contributed by atoms with E-state index in [-0.39, 0.29) is 11.5 Å². The lowest BCUT2D eigenvalue weighted by Gasteiger charge is -1.99. The van der Waals surface area contributed by atoms with E-state index in [0.717, 1.165) is 27.8 Å². The molecule has 3 rings (SSSR count). The molecule has 0 aliphatic heterocycles. The molecule has 3 aromatic rings. The fourth-order valence-electron chi connectivity index (χ4n) is 2.24. The van der Waals surface area contributed by atoms with E-state index in [1.54, 1.807) is 36.0 Å². The normalized spacial score (nSPS) is 11.1. The van der Waals surface area contributed by atoms with E-state index in [2.05, 4.69) is 0 Å². The van der Waals surface area contributed by atoms with Gasteiger partial charge in [-0.15, -0.1) is 0 Å². The molecule has 0 atom stereocenters. The maximum absolute atomic E-state index is 10.3. The third-order valence-corrected chi connectivity index (χ3v) is 3.80. The quantitative estimate of drug-likeness (QED) is 0.750. The smallest absolute Gasteiger partial charge is 0.177 e. The Kier molecular flexibility index (Phi) is 3.32. The van der Waals surface area contributed by atoms with Crippen LogP contribution in [0, 0.1) is 0 Å². The van der Waals surface area contributed by atoms with E-state index >= 15 is 0 Å². The number of phenolic OH excluding ortho intramolecular Hbond substituents is 1. The van der Waals surface area contributed by atoms with Crippen molar-refractivity contribution in [3.63, 3.8) is 0 Å². The number of para-hydroxylation sites is 1. The maximum atomic E-state index is 10.3. The number of aromatic hydroxyl groups is 2. The van der Waals surface area contributed by atoms with Crippen molar-refractivity contribution in [2.24, 2.45) is 0 Å². The van der Waals surface area contributed by atoms with Crippen molar-refractivity contribution in [1.29, 1.82) is 0 Å². The molecule has 0 unspecified atom stereocenters. The highest BCUT2D eigenvalue weighted by molar-refractivity contribution is 7.97. The monoisotopic (exact) mass is 286 g/mol. The minimum atomic E-state index is 0.147. The Morgan fingerprint density at radius 1 is 1.05 bits per heavy atom. The number of hydrogen-bond acceptors (Lipinski definition) is 4. The summed E-state index contributed by atoms with van der Waals surface area (Å²) in [4.78, 5) is 0. The van der Waals surface area contributed by atoms with E-state index in [9.17, 15) is 10.2 Å². The minimum Gasteiger partial charge on any atom is -0.508 e. The predicted molar refractivity (Wildman–Crippen MR) is 82.2 cm³/mol. The number of benzene rings is 2. The highest BCUT2D eigenvalue weighted by Crippen LogP contribution is 2.41. The van der Waals surface area contributed by atoms with Gasteiger partial charge in [-0.2, -0.15) is 11.8 Å². The van der Waals surface area contributed by atoms with Crippen LogP contribution in [0.15, 0.2) is 46.9 Å². The highest BCUT2D eigenvalue weighted by atomic mass is 32.2. The van der Waals surface area contributed by atoms with Crippen LogP contribution in [0.5, 0.6) is 11.5 Å². The SMILES string of the molecule is CSCc1cccc2c(O)c(-c3ccc(O)cc3)oc12. The van der Waals surface area contributed by atoms with Gasteiger partial charge in [-0.3, -0.25) is 0 Å². The van der Waals surface area contributed by atoms with Crippen molar-refractivity contribution in [1.82, 2.24) is 0 Å². The number of thioether (sulfide) groups is 1. The van der Waals surface area contributed by atoms with Crippen LogP contribution < -0.4 is 0 Å². The third kappa shape index (κ3) is 2.12. The number of rotatable bonds is 3. The summed E-state index contributed by atoms with van der Waals surface area (Å²) in [5.74, 6) is 1.61. The van der Waals surface area contributed by atoms with Gasteiger partial charge in [0.25, 0.3) is 0 Å². The minimum absolute atomic E-state index is 0.147. The summed E-state index contributed by atoms with van der Waals surface area (Å²) in [7, 11) is 0. The predicted octanol–water partition coefficient (Wildman–Crippen LogP) is 4.37. The second-order valence-electron chi connectivity index (χ2n) is 4.55. The molecule has 0 spiro atoms. The molecule has 2 aromatic carbocycles. The zero-order chi connectivity index (χ0) is 14.1. The third-order valence-electron chi connectivity index (χ3n) is 3.20. The molecule has 102 valence electrons. The molecule has 0 saturated heterocycles. The molecule has 1 heterocycles. The first kappa shape index (κ1) is 12.9. The van der Waals surface area contributed by atoms with Crippen LogP contribution in [-0.2, 0) is 5.75 Å². The van der Waals surface area contributed by atoms with E-state index < -0.39 is 0 Å². The van der Waals surface area contributed by atoms with Gasteiger partial charge in [-0.05, 0) is 36.6 Å².